The molecule has 40 heavy (non-hydrogen) atoms. The molecule has 0 saturated heterocycles. The molecule has 4 unspecified atom stereocenters. The summed E-state index contributed by atoms with van der Waals surface area (Å²) in [5.41, 5.74) is 2.12. The maximum atomic E-state index is 11.3. The van der Waals surface area contributed by atoms with Crippen LogP contribution in [0.25, 0.3) is 0 Å². The van der Waals surface area contributed by atoms with Crippen LogP contribution in [0.3, 0.4) is 0 Å². The first-order valence-electron chi connectivity index (χ1n) is 13.9. The zero-order valence-corrected chi connectivity index (χ0v) is 23.8. The second-order valence-corrected chi connectivity index (χ2v) is 11.6. The lowest BCUT2D eigenvalue weighted by molar-refractivity contribution is -0.111. The van der Waals surface area contributed by atoms with E-state index in [2.05, 4.69) is 82.1 Å². The number of nitrogens with zero attached hydrogens (tertiary/aromatic N) is 2. The van der Waals surface area contributed by atoms with Crippen molar-refractivity contribution in [2.45, 2.75) is 42.6 Å². The second kappa shape index (κ2) is 15.5. The number of thioether (sulfide) groups is 1. The Labute approximate surface area is 242 Å². The average molecular weight is 561 g/mol. The first-order chi connectivity index (χ1) is 19.6. The zero-order chi connectivity index (χ0) is 28.2. The van der Waals surface area contributed by atoms with Crippen molar-refractivity contribution in [3.05, 3.63) is 95.9 Å². The molecule has 212 valence electrons. The third-order valence-electron chi connectivity index (χ3n) is 7.59. The standard InChI is InChI=1S/C32H40N4O3S/c1-35(22-29-20-25-10-8-9-15-32(25)40-29)30(17-16-26(34-24-39)21-33-23-38)31(18-19-37)36(27-11-4-2-5-12-27)28-13-6-3-7-14-28/h2-15,20,23-26,30-32,37H,16-19,21-22H2,1H3,(H,33,38)(H,34,39)/t25?,26?,30?,31-,32?/m1/s1. The lowest BCUT2D eigenvalue weighted by Gasteiger charge is -2.43. The summed E-state index contributed by atoms with van der Waals surface area (Å²) in [7, 11) is 2.16. The SMILES string of the molecule is CN(CC1=CC2C=CC=CC2S1)C(CCC(CNC=O)NC=O)[C@@H](CCO)N(c1ccccc1)c1ccccc1. The highest BCUT2D eigenvalue weighted by Crippen LogP contribution is 2.40. The molecule has 0 saturated carbocycles. The highest BCUT2D eigenvalue weighted by Gasteiger charge is 2.34. The maximum absolute atomic E-state index is 11.3. The van der Waals surface area contributed by atoms with Crippen LogP contribution >= 0.6 is 11.8 Å². The number of rotatable bonds is 17. The molecule has 5 atom stereocenters. The molecule has 1 aliphatic carbocycles. The molecule has 1 aliphatic heterocycles. The molecular weight excluding hydrogens is 520 g/mol. The van der Waals surface area contributed by atoms with Crippen LogP contribution in [-0.2, 0) is 9.59 Å². The predicted octanol–water partition coefficient (Wildman–Crippen LogP) is 4.26. The Morgan fingerprint density at radius 1 is 0.900 bits per heavy atom. The van der Waals surface area contributed by atoms with E-state index in [-0.39, 0.29) is 24.7 Å². The van der Waals surface area contributed by atoms with E-state index in [0.29, 0.717) is 43.4 Å². The monoisotopic (exact) mass is 560 g/mol. The first kappa shape index (κ1) is 29.6. The number of aliphatic hydroxyl groups is 1. The van der Waals surface area contributed by atoms with Gasteiger partial charge >= 0.3 is 0 Å². The fourth-order valence-corrected chi connectivity index (χ4v) is 7.06. The normalized spacial score (nSPS) is 19.8. The molecule has 2 aromatic carbocycles. The minimum Gasteiger partial charge on any atom is -0.396 e. The molecule has 8 heteroatoms. The number of nitrogens with one attached hydrogen (secondary N) is 2. The van der Waals surface area contributed by atoms with E-state index in [1.165, 1.54) is 4.91 Å². The molecular formula is C32H40N4O3S. The van der Waals surface area contributed by atoms with Crippen LogP contribution in [0.15, 0.2) is 95.9 Å². The van der Waals surface area contributed by atoms with Gasteiger partial charge in [-0.1, -0.05) is 66.8 Å². The quantitative estimate of drug-likeness (QED) is 0.251. The van der Waals surface area contributed by atoms with Crippen LogP contribution in [0.4, 0.5) is 11.4 Å². The lowest BCUT2D eigenvalue weighted by Crippen LogP contribution is -2.51. The molecule has 4 rings (SSSR count). The van der Waals surface area contributed by atoms with Gasteiger partial charge in [-0.2, -0.15) is 0 Å². The van der Waals surface area contributed by atoms with Crippen LogP contribution in [0.1, 0.15) is 19.3 Å². The Morgan fingerprint density at radius 2 is 1.57 bits per heavy atom. The number of hydrogen-bond acceptors (Lipinski definition) is 6. The lowest BCUT2D eigenvalue weighted by atomic mass is 9.93. The van der Waals surface area contributed by atoms with Gasteiger partial charge in [-0.25, -0.2) is 0 Å². The molecule has 1 heterocycles. The van der Waals surface area contributed by atoms with Crippen molar-refractivity contribution in [3.8, 4) is 0 Å². The second-order valence-electron chi connectivity index (χ2n) is 10.3. The third-order valence-corrected chi connectivity index (χ3v) is 8.90. The molecule has 0 fully saturated rings. The number of fused-ring (bicyclic) bond motifs is 1. The van der Waals surface area contributed by atoms with Crippen LogP contribution in [0.2, 0.25) is 0 Å². The van der Waals surface area contributed by atoms with Crippen molar-refractivity contribution in [2.75, 3.05) is 31.6 Å². The van der Waals surface area contributed by atoms with E-state index in [1.807, 2.05) is 48.2 Å². The Morgan fingerprint density at radius 3 is 2.17 bits per heavy atom. The Bertz CT molecular complexity index is 1120. The minimum absolute atomic E-state index is 0.0370. The summed E-state index contributed by atoms with van der Waals surface area (Å²) in [6.45, 7) is 1.21. The highest BCUT2D eigenvalue weighted by molar-refractivity contribution is 8.04. The van der Waals surface area contributed by atoms with E-state index in [9.17, 15) is 14.7 Å². The number of aliphatic hydroxyl groups excluding tert-OH is 1. The Kier molecular flexibility index (Phi) is 11.5. The number of para-hydroxylation sites is 2. The summed E-state index contributed by atoms with van der Waals surface area (Å²) in [6.07, 6.45) is 14.5. The van der Waals surface area contributed by atoms with Crippen molar-refractivity contribution in [1.29, 1.82) is 0 Å². The summed E-state index contributed by atoms with van der Waals surface area (Å²) in [6, 6.07) is 20.4. The molecule has 0 aromatic heterocycles. The molecule has 3 N–H and O–H groups in total. The molecule has 7 nitrogen and oxygen atoms in total. The summed E-state index contributed by atoms with van der Waals surface area (Å²) >= 11 is 1.92. The van der Waals surface area contributed by atoms with Crippen LogP contribution in [-0.4, -0.2) is 72.9 Å². The van der Waals surface area contributed by atoms with Gasteiger partial charge in [-0.15, -0.1) is 11.8 Å². The molecule has 0 radical (unpaired) electrons. The van der Waals surface area contributed by atoms with Gasteiger partial charge in [0.25, 0.3) is 0 Å². The smallest absolute Gasteiger partial charge is 0.207 e. The van der Waals surface area contributed by atoms with Crippen molar-refractivity contribution in [2.24, 2.45) is 5.92 Å². The molecule has 2 aromatic rings. The van der Waals surface area contributed by atoms with E-state index in [1.54, 1.807) is 0 Å². The van der Waals surface area contributed by atoms with E-state index >= 15 is 0 Å². The van der Waals surface area contributed by atoms with Gasteiger partial charge in [-0.05, 0) is 55.5 Å². The number of benzene rings is 2. The van der Waals surface area contributed by atoms with E-state index in [0.717, 1.165) is 24.3 Å². The van der Waals surface area contributed by atoms with Crippen molar-refractivity contribution >= 4 is 36.0 Å². The molecule has 2 aliphatic rings. The highest BCUT2D eigenvalue weighted by atomic mass is 32.2. The minimum atomic E-state index is -0.187. The predicted molar refractivity (Wildman–Crippen MR) is 164 cm³/mol. The first-order valence-corrected chi connectivity index (χ1v) is 14.8. The summed E-state index contributed by atoms with van der Waals surface area (Å²) in [5, 5.41) is 16.4. The largest absolute Gasteiger partial charge is 0.396 e. The molecule has 0 spiro atoms. The number of carbonyl (C=O) groups excluding carboxylic acids is 2. The fraction of sp³-hybridized carbons (Fsp3) is 0.375. The molecule has 0 bridgehead atoms. The van der Waals surface area contributed by atoms with Crippen LogP contribution in [0, 0.1) is 5.92 Å². The van der Waals surface area contributed by atoms with Crippen LogP contribution < -0.4 is 15.5 Å². The number of allylic oxidation sites excluding steroid dienone is 4. The summed E-state index contributed by atoms with van der Waals surface area (Å²) in [4.78, 5) is 28.4. The van der Waals surface area contributed by atoms with E-state index < -0.39 is 0 Å². The van der Waals surface area contributed by atoms with Gasteiger partial charge in [0, 0.05) is 54.3 Å². The van der Waals surface area contributed by atoms with Gasteiger partial charge in [0.15, 0.2) is 0 Å². The van der Waals surface area contributed by atoms with Gasteiger partial charge in [0.05, 0.1) is 6.04 Å². The van der Waals surface area contributed by atoms with Crippen molar-refractivity contribution < 1.29 is 14.7 Å². The molecule has 2 amide bonds. The van der Waals surface area contributed by atoms with Crippen molar-refractivity contribution in [3.63, 3.8) is 0 Å². The maximum Gasteiger partial charge on any atom is 0.207 e. The Hall–Kier alpha value is -3.33. The topological polar surface area (TPSA) is 84.9 Å². The van der Waals surface area contributed by atoms with E-state index in [4.69, 9.17) is 0 Å². The average Bonchev–Trinajstić information content (AvgIpc) is 3.39. The fourth-order valence-electron chi connectivity index (χ4n) is 5.70. The zero-order valence-electron chi connectivity index (χ0n) is 23.0. The van der Waals surface area contributed by atoms with Gasteiger partial charge in [0.2, 0.25) is 12.8 Å². The number of amides is 2. The van der Waals surface area contributed by atoms with Gasteiger partial charge in [-0.3, -0.25) is 14.5 Å². The Balaban J connectivity index is 1.66. The summed E-state index contributed by atoms with van der Waals surface area (Å²) in [5.74, 6) is 0.422. The number of carbonyl (C=O) groups is 2. The van der Waals surface area contributed by atoms with Gasteiger partial charge in [0.1, 0.15) is 0 Å². The number of anilines is 2. The van der Waals surface area contributed by atoms with Crippen LogP contribution in [0.5, 0.6) is 0 Å². The number of hydrogen-bond donors (Lipinski definition) is 3. The number of likely N-dealkylation sites (N-methyl/N-ethyl adjacent to an activating group) is 1. The third kappa shape index (κ3) is 7.87. The van der Waals surface area contributed by atoms with Crippen molar-refractivity contribution in [1.82, 2.24) is 15.5 Å². The summed E-state index contributed by atoms with van der Waals surface area (Å²) < 4.78 is 0. The van der Waals surface area contributed by atoms with Gasteiger partial charge < -0.3 is 20.6 Å².